The van der Waals surface area contributed by atoms with E-state index in [0.29, 0.717) is 17.5 Å². The van der Waals surface area contributed by atoms with Gasteiger partial charge < -0.3 is 5.32 Å². The molecule has 1 aromatic rings. The maximum absolute atomic E-state index is 13.4. The highest BCUT2D eigenvalue weighted by molar-refractivity contribution is 5.18. The monoisotopic (exact) mass is 239 g/mol. The van der Waals surface area contributed by atoms with Gasteiger partial charge in [-0.3, -0.25) is 0 Å². The van der Waals surface area contributed by atoms with Gasteiger partial charge in [0.2, 0.25) is 0 Å². The van der Waals surface area contributed by atoms with E-state index < -0.39 is 11.6 Å². The molecule has 1 N–H and O–H groups in total. The van der Waals surface area contributed by atoms with Crippen molar-refractivity contribution < 1.29 is 8.78 Å². The van der Waals surface area contributed by atoms with E-state index in [1.165, 1.54) is 37.8 Å². The van der Waals surface area contributed by atoms with Gasteiger partial charge in [0.1, 0.15) is 11.6 Å². The highest BCUT2D eigenvalue weighted by atomic mass is 19.1. The molecule has 0 saturated heterocycles. The second kappa shape index (κ2) is 5.13. The lowest BCUT2D eigenvalue weighted by atomic mass is 10.0. The number of rotatable bonds is 6. The van der Waals surface area contributed by atoms with Gasteiger partial charge in [-0.15, -0.1) is 0 Å². The van der Waals surface area contributed by atoms with Crippen LogP contribution in [0.15, 0.2) is 18.2 Å². The first kappa shape index (κ1) is 12.5. The fourth-order valence-corrected chi connectivity index (χ4v) is 2.35. The van der Waals surface area contributed by atoms with Gasteiger partial charge in [0, 0.05) is 24.7 Å². The average Bonchev–Trinajstić information content (AvgIpc) is 3.02. The second-order valence-corrected chi connectivity index (χ2v) is 5.09. The van der Waals surface area contributed by atoms with Crippen LogP contribution in [0, 0.1) is 17.0 Å². The zero-order valence-electron chi connectivity index (χ0n) is 10.2. The molecule has 1 aliphatic rings. The molecule has 1 fully saturated rings. The van der Waals surface area contributed by atoms with Gasteiger partial charge in [0.25, 0.3) is 0 Å². The summed E-state index contributed by atoms with van der Waals surface area (Å²) in [7, 11) is 0. The fourth-order valence-electron chi connectivity index (χ4n) is 2.35. The molecule has 0 unspecified atom stereocenters. The number of hydrogen-bond acceptors (Lipinski definition) is 1. The van der Waals surface area contributed by atoms with Crippen LogP contribution in [-0.2, 0) is 6.54 Å². The standard InChI is InChI=1S/C14H19F2N/c1-2-5-14(6-7-14)10-17-9-11-3-4-12(15)8-13(11)16/h3-4,8,17H,2,5-7,9-10H2,1H3. The summed E-state index contributed by atoms with van der Waals surface area (Å²) in [6, 6.07) is 3.76. The smallest absolute Gasteiger partial charge is 0.130 e. The minimum absolute atomic E-state index is 0.460. The zero-order chi connectivity index (χ0) is 12.3. The Morgan fingerprint density at radius 1 is 1.29 bits per heavy atom. The number of nitrogens with one attached hydrogen (secondary N) is 1. The van der Waals surface area contributed by atoms with E-state index in [4.69, 9.17) is 0 Å². The topological polar surface area (TPSA) is 12.0 Å². The Balaban J connectivity index is 1.82. The zero-order valence-corrected chi connectivity index (χ0v) is 10.2. The van der Waals surface area contributed by atoms with Crippen molar-refractivity contribution in [1.82, 2.24) is 5.32 Å². The molecule has 0 atom stereocenters. The molecule has 0 spiro atoms. The Morgan fingerprint density at radius 2 is 2.06 bits per heavy atom. The largest absolute Gasteiger partial charge is 0.312 e. The minimum Gasteiger partial charge on any atom is -0.312 e. The Kier molecular flexibility index (Phi) is 3.77. The minimum atomic E-state index is -0.518. The summed E-state index contributed by atoms with van der Waals surface area (Å²) in [5.41, 5.74) is 1.00. The summed E-state index contributed by atoms with van der Waals surface area (Å²) < 4.78 is 26.1. The third-order valence-electron chi connectivity index (χ3n) is 3.57. The van der Waals surface area contributed by atoms with Gasteiger partial charge in [0.15, 0.2) is 0 Å². The Hall–Kier alpha value is -0.960. The number of hydrogen-bond donors (Lipinski definition) is 1. The molecule has 1 nitrogen and oxygen atoms in total. The molecule has 17 heavy (non-hydrogen) atoms. The van der Waals surface area contributed by atoms with Crippen molar-refractivity contribution in [1.29, 1.82) is 0 Å². The maximum atomic E-state index is 13.4. The lowest BCUT2D eigenvalue weighted by Gasteiger charge is -2.15. The normalized spacial score (nSPS) is 17.1. The quantitative estimate of drug-likeness (QED) is 0.799. The summed E-state index contributed by atoms with van der Waals surface area (Å²) in [6.07, 6.45) is 5.00. The van der Waals surface area contributed by atoms with Crippen molar-refractivity contribution in [3.05, 3.63) is 35.4 Å². The van der Waals surface area contributed by atoms with Crippen LogP contribution in [0.2, 0.25) is 0 Å². The number of halogens is 2. The third-order valence-corrected chi connectivity index (χ3v) is 3.57. The predicted molar refractivity (Wildman–Crippen MR) is 64.6 cm³/mol. The van der Waals surface area contributed by atoms with E-state index in [0.717, 1.165) is 12.6 Å². The average molecular weight is 239 g/mol. The summed E-state index contributed by atoms with van der Waals surface area (Å²) in [4.78, 5) is 0. The van der Waals surface area contributed by atoms with E-state index in [1.807, 2.05) is 0 Å². The van der Waals surface area contributed by atoms with Gasteiger partial charge in [-0.25, -0.2) is 8.78 Å². The van der Waals surface area contributed by atoms with Crippen LogP contribution in [0.1, 0.15) is 38.2 Å². The number of benzene rings is 1. The van der Waals surface area contributed by atoms with Gasteiger partial charge in [-0.1, -0.05) is 19.4 Å². The van der Waals surface area contributed by atoms with Gasteiger partial charge in [0.05, 0.1) is 0 Å². The van der Waals surface area contributed by atoms with Crippen LogP contribution in [0.4, 0.5) is 8.78 Å². The van der Waals surface area contributed by atoms with Crippen molar-refractivity contribution in [3.8, 4) is 0 Å². The third kappa shape index (κ3) is 3.25. The Labute approximate surface area is 101 Å². The molecule has 94 valence electrons. The van der Waals surface area contributed by atoms with E-state index in [2.05, 4.69) is 12.2 Å². The van der Waals surface area contributed by atoms with E-state index >= 15 is 0 Å². The molecule has 1 aromatic carbocycles. The molecular weight excluding hydrogens is 220 g/mol. The summed E-state index contributed by atoms with van der Waals surface area (Å²) in [5, 5.41) is 3.29. The van der Waals surface area contributed by atoms with Crippen molar-refractivity contribution in [2.75, 3.05) is 6.54 Å². The molecule has 0 aliphatic heterocycles. The Morgan fingerprint density at radius 3 is 2.65 bits per heavy atom. The van der Waals surface area contributed by atoms with Crippen molar-refractivity contribution in [3.63, 3.8) is 0 Å². The first-order valence-corrected chi connectivity index (χ1v) is 6.30. The highest BCUT2D eigenvalue weighted by Crippen LogP contribution is 2.48. The predicted octanol–water partition coefficient (Wildman–Crippen LogP) is 3.63. The fraction of sp³-hybridized carbons (Fsp3) is 0.571. The second-order valence-electron chi connectivity index (χ2n) is 5.09. The molecule has 0 bridgehead atoms. The first-order chi connectivity index (χ1) is 8.15. The molecular formula is C14H19F2N. The van der Waals surface area contributed by atoms with Gasteiger partial charge >= 0.3 is 0 Å². The van der Waals surface area contributed by atoms with Crippen LogP contribution in [0.25, 0.3) is 0 Å². The van der Waals surface area contributed by atoms with Gasteiger partial charge in [-0.2, -0.15) is 0 Å². The molecule has 0 amide bonds. The molecule has 0 aromatic heterocycles. The van der Waals surface area contributed by atoms with Crippen LogP contribution in [0.5, 0.6) is 0 Å². The Bertz CT molecular complexity index is 386. The molecule has 1 aliphatic carbocycles. The summed E-state index contributed by atoms with van der Waals surface area (Å²) in [5.74, 6) is -0.978. The lowest BCUT2D eigenvalue weighted by molar-refractivity contribution is 0.418. The SMILES string of the molecule is CCCC1(CNCc2ccc(F)cc2F)CC1. The maximum Gasteiger partial charge on any atom is 0.130 e. The summed E-state index contributed by atoms with van der Waals surface area (Å²) in [6.45, 7) is 3.62. The van der Waals surface area contributed by atoms with Crippen molar-refractivity contribution >= 4 is 0 Å². The lowest BCUT2D eigenvalue weighted by Crippen LogP contribution is -2.24. The van der Waals surface area contributed by atoms with E-state index in [9.17, 15) is 8.78 Å². The van der Waals surface area contributed by atoms with Gasteiger partial charge in [-0.05, 0) is 30.7 Å². The molecule has 1 saturated carbocycles. The first-order valence-electron chi connectivity index (χ1n) is 6.30. The highest BCUT2D eigenvalue weighted by Gasteiger charge is 2.40. The summed E-state index contributed by atoms with van der Waals surface area (Å²) >= 11 is 0. The van der Waals surface area contributed by atoms with Crippen LogP contribution in [-0.4, -0.2) is 6.54 Å². The van der Waals surface area contributed by atoms with Crippen LogP contribution >= 0.6 is 0 Å². The van der Waals surface area contributed by atoms with E-state index in [1.54, 1.807) is 0 Å². The molecule has 2 rings (SSSR count). The van der Waals surface area contributed by atoms with Crippen molar-refractivity contribution in [2.45, 2.75) is 39.2 Å². The molecule has 3 heteroatoms. The molecule has 0 heterocycles. The van der Waals surface area contributed by atoms with Crippen molar-refractivity contribution in [2.24, 2.45) is 5.41 Å². The van der Waals surface area contributed by atoms with Crippen LogP contribution < -0.4 is 5.32 Å². The van der Waals surface area contributed by atoms with Crippen LogP contribution in [0.3, 0.4) is 0 Å². The molecule has 0 radical (unpaired) electrons. The van der Waals surface area contributed by atoms with E-state index in [-0.39, 0.29) is 0 Å².